The SMILES string of the molecule is Cc1sc2c(c1C)C(c1ccc(Cl)cc1)=NC(PC(=O)NCCCN1CCN(C(=O)CCCCCNC(=O)COc3cccc(C(=O)NC4CCC(=O)NC4=O)c3C=O)CC1)c1nnc(C)n1-2. The van der Waals surface area contributed by atoms with E-state index in [9.17, 15) is 33.6 Å². The number of thiophene rings is 1. The Labute approximate surface area is 398 Å². The number of ether oxygens (including phenoxy) is 1. The first-order valence-corrected chi connectivity index (χ1v) is 24.6. The number of unbranched alkanes of at least 4 members (excludes halogenated alkanes) is 2. The van der Waals surface area contributed by atoms with Gasteiger partial charge in [-0.3, -0.25) is 53.3 Å². The van der Waals surface area contributed by atoms with Gasteiger partial charge in [0.1, 0.15) is 28.4 Å². The van der Waals surface area contributed by atoms with Gasteiger partial charge in [-0.2, -0.15) is 0 Å². The second-order valence-electron chi connectivity index (χ2n) is 16.5. The molecule has 3 unspecified atom stereocenters. The number of benzene rings is 2. The highest BCUT2D eigenvalue weighted by Crippen LogP contribution is 2.44. The van der Waals surface area contributed by atoms with Crippen LogP contribution in [0.5, 0.6) is 5.75 Å². The first-order chi connectivity index (χ1) is 32.3. The van der Waals surface area contributed by atoms with Crippen LogP contribution in [0.3, 0.4) is 0 Å². The van der Waals surface area contributed by atoms with Crippen molar-refractivity contribution in [3.8, 4) is 10.8 Å². The van der Waals surface area contributed by atoms with E-state index < -0.39 is 35.5 Å². The molecule has 0 radical (unpaired) electrons. The van der Waals surface area contributed by atoms with E-state index in [1.54, 1.807) is 11.3 Å². The van der Waals surface area contributed by atoms with Gasteiger partial charge in [0.15, 0.2) is 18.7 Å². The van der Waals surface area contributed by atoms with Crippen molar-refractivity contribution in [2.24, 2.45) is 4.99 Å². The third-order valence-corrected chi connectivity index (χ3v) is 14.5. The first kappa shape index (κ1) is 49.0. The summed E-state index contributed by atoms with van der Waals surface area (Å²) < 4.78 is 7.61. The quantitative estimate of drug-likeness (QED) is 0.0433. The van der Waals surface area contributed by atoms with Crippen molar-refractivity contribution in [2.45, 2.75) is 77.5 Å². The monoisotopic (exact) mass is 972 g/mol. The number of nitrogens with one attached hydrogen (secondary N) is 4. The second kappa shape index (κ2) is 22.7. The lowest BCUT2D eigenvalue weighted by Gasteiger charge is -2.34. The predicted octanol–water partition coefficient (Wildman–Crippen LogP) is 4.78. The summed E-state index contributed by atoms with van der Waals surface area (Å²) in [6, 6.07) is 11.1. The van der Waals surface area contributed by atoms with Crippen LogP contribution < -0.4 is 26.0 Å². The molecule has 3 aliphatic heterocycles. The average Bonchev–Trinajstić information content (AvgIpc) is 3.80. The fourth-order valence-corrected chi connectivity index (χ4v) is 10.5. The summed E-state index contributed by atoms with van der Waals surface area (Å²) in [4.78, 5) is 97.8. The lowest BCUT2D eigenvalue weighted by molar-refractivity contribution is -0.135. The number of aldehydes is 1. The number of hydrogen-bond donors (Lipinski definition) is 4. The highest BCUT2D eigenvalue weighted by atomic mass is 35.5. The van der Waals surface area contributed by atoms with E-state index in [0.29, 0.717) is 62.6 Å². The average molecular weight is 973 g/mol. The van der Waals surface area contributed by atoms with Gasteiger partial charge < -0.3 is 25.6 Å². The number of amides is 6. The molecule has 3 aliphatic rings. The van der Waals surface area contributed by atoms with Crippen LogP contribution in [0, 0.1) is 20.8 Å². The number of aryl methyl sites for hydroxylation is 2. The summed E-state index contributed by atoms with van der Waals surface area (Å²) in [5.41, 5.74) is 3.70. The minimum atomic E-state index is -0.917. The number of nitrogens with zero attached hydrogens (tertiary/aromatic N) is 6. The van der Waals surface area contributed by atoms with E-state index >= 15 is 0 Å². The molecule has 354 valence electrons. The summed E-state index contributed by atoms with van der Waals surface area (Å²) in [6.07, 6.45) is 3.94. The van der Waals surface area contributed by atoms with Crippen LogP contribution in [0.2, 0.25) is 5.02 Å². The van der Waals surface area contributed by atoms with Gasteiger partial charge in [0.25, 0.3) is 11.8 Å². The molecule has 3 atom stereocenters. The van der Waals surface area contributed by atoms with Gasteiger partial charge in [-0.15, -0.1) is 21.5 Å². The summed E-state index contributed by atoms with van der Waals surface area (Å²) in [5, 5.41) is 21.1. The Balaban J connectivity index is 0.771. The standard InChI is InChI=1S/C46H54ClN10O8PS/c1-27-28(2)67-45-39(27)40(30-12-14-31(47)15-13-30)52-44(41-54-53-29(3)57(41)45)66-46(64)49-19-8-20-55-21-23-56(24-22-55)38(61)11-5-4-6-18-48-37(60)26-65-35-10-7-9-32(33(35)25-58)42(62)50-34-16-17-36(59)51-43(34)63/h7,9-10,12-15,25,34,44,66H,4-6,8,11,16-24,26H2,1-3H3,(H,48,60)(H,49,64)(H,50,62)(H,51,59,63). The number of aromatic nitrogens is 3. The Kier molecular flexibility index (Phi) is 16.6. The number of halogens is 1. The number of carbonyl (C=O) groups is 7. The molecule has 0 bridgehead atoms. The molecular formula is C46H54ClN10O8PS. The van der Waals surface area contributed by atoms with Crippen LogP contribution in [-0.2, 0) is 19.2 Å². The van der Waals surface area contributed by atoms with Crippen molar-refractivity contribution in [1.82, 2.24) is 45.8 Å². The predicted molar refractivity (Wildman–Crippen MR) is 255 cm³/mol. The van der Waals surface area contributed by atoms with E-state index in [1.165, 1.54) is 23.1 Å². The fourth-order valence-electron chi connectivity index (χ4n) is 8.14. The van der Waals surface area contributed by atoms with E-state index in [1.807, 2.05) is 40.7 Å². The Morgan fingerprint density at radius 3 is 2.46 bits per heavy atom. The Morgan fingerprint density at radius 2 is 1.72 bits per heavy atom. The van der Waals surface area contributed by atoms with Crippen molar-refractivity contribution in [2.75, 3.05) is 52.4 Å². The third-order valence-electron chi connectivity index (χ3n) is 11.9. The maximum absolute atomic E-state index is 13.4. The number of piperidine rings is 1. The van der Waals surface area contributed by atoms with Gasteiger partial charge >= 0.3 is 0 Å². The summed E-state index contributed by atoms with van der Waals surface area (Å²) in [6.45, 7) is 10.2. The molecule has 2 aromatic carbocycles. The maximum Gasteiger partial charge on any atom is 0.257 e. The third kappa shape index (κ3) is 12.2. The molecule has 0 aliphatic carbocycles. The molecule has 0 spiro atoms. The fraction of sp³-hybridized carbons (Fsp3) is 0.435. The molecule has 4 N–H and O–H groups in total. The molecule has 5 heterocycles. The zero-order chi connectivity index (χ0) is 47.6. The number of imide groups is 1. The van der Waals surface area contributed by atoms with Gasteiger partial charge in [0, 0.05) is 81.7 Å². The van der Waals surface area contributed by atoms with Gasteiger partial charge in [-0.1, -0.05) is 36.2 Å². The van der Waals surface area contributed by atoms with Crippen molar-refractivity contribution in [3.63, 3.8) is 0 Å². The van der Waals surface area contributed by atoms with Crippen LogP contribution in [0.25, 0.3) is 5.00 Å². The smallest absolute Gasteiger partial charge is 0.257 e. The van der Waals surface area contributed by atoms with Gasteiger partial charge in [0.2, 0.25) is 23.4 Å². The number of hydrogen-bond acceptors (Lipinski definition) is 13. The largest absolute Gasteiger partial charge is 0.483 e. The van der Waals surface area contributed by atoms with Crippen LogP contribution in [-0.4, -0.2) is 130 Å². The second-order valence-corrected chi connectivity index (χ2v) is 19.5. The molecule has 6 amide bonds. The minimum Gasteiger partial charge on any atom is -0.483 e. The molecule has 2 aromatic heterocycles. The first-order valence-electron chi connectivity index (χ1n) is 22.3. The van der Waals surface area contributed by atoms with Crippen molar-refractivity contribution < 1.29 is 38.3 Å². The maximum atomic E-state index is 13.4. The molecular weight excluding hydrogens is 919 g/mol. The van der Waals surface area contributed by atoms with E-state index in [-0.39, 0.29) is 56.5 Å². The van der Waals surface area contributed by atoms with E-state index in [4.69, 9.17) is 21.3 Å². The molecule has 21 heteroatoms. The molecule has 67 heavy (non-hydrogen) atoms. The van der Waals surface area contributed by atoms with Crippen molar-refractivity contribution >= 4 is 78.7 Å². The molecule has 7 rings (SSSR count). The zero-order valence-electron chi connectivity index (χ0n) is 37.6. The topological polar surface area (TPSA) is 226 Å². The number of aliphatic imine (C=N–C) groups is 1. The van der Waals surface area contributed by atoms with Crippen molar-refractivity contribution in [1.29, 1.82) is 0 Å². The van der Waals surface area contributed by atoms with Crippen LogP contribution in [0.15, 0.2) is 47.5 Å². The number of rotatable bonds is 19. The Hall–Kier alpha value is -5.88. The number of piperazine rings is 1. The molecule has 18 nitrogen and oxygen atoms in total. The molecule has 2 fully saturated rings. The van der Waals surface area contributed by atoms with Gasteiger partial charge in [-0.25, -0.2) is 0 Å². The highest BCUT2D eigenvalue weighted by molar-refractivity contribution is 7.58. The van der Waals surface area contributed by atoms with Crippen LogP contribution >= 0.6 is 31.5 Å². The Bertz CT molecular complexity index is 2560. The molecule has 0 saturated carbocycles. The minimum absolute atomic E-state index is 0.0263. The van der Waals surface area contributed by atoms with E-state index in [0.717, 1.165) is 65.7 Å². The van der Waals surface area contributed by atoms with Gasteiger partial charge in [-0.05, 0) is 82.8 Å². The van der Waals surface area contributed by atoms with Crippen LogP contribution in [0.1, 0.15) is 105 Å². The van der Waals surface area contributed by atoms with Crippen LogP contribution in [0.4, 0.5) is 4.79 Å². The van der Waals surface area contributed by atoms with E-state index in [2.05, 4.69) is 50.2 Å². The highest BCUT2D eigenvalue weighted by Gasteiger charge is 2.33. The summed E-state index contributed by atoms with van der Waals surface area (Å²) in [7, 11) is -0.203. The number of carbonyl (C=O) groups excluding carboxylic acids is 7. The lowest BCUT2D eigenvalue weighted by atomic mass is 10.00. The summed E-state index contributed by atoms with van der Waals surface area (Å²) >= 11 is 7.91. The summed E-state index contributed by atoms with van der Waals surface area (Å²) in [5.74, 6) is -1.11. The molecule has 4 aromatic rings. The Morgan fingerprint density at radius 1 is 0.955 bits per heavy atom. The molecule has 2 saturated heterocycles. The normalized spacial score (nSPS) is 17.3. The zero-order valence-corrected chi connectivity index (χ0v) is 40.2. The van der Waals surface area contributed by atoms with Gasteiger partial charge in [0.05, 0.1) is 16.8 Å². The van der Waals surface area contributed by atoms with Crippen molar-refractivity contribution in [3.05, 3.63) is 91.8 Å². The number of fused-ring (bicyclic) bond motifs is 3. The lowest BCUT2D eigenvalue weighted by Crippen LogP contribution is -2.52.